The Balaban J connectivity index is 1.65. The molecule has 0 aromatic carbocycles. The molecule has 1 aromatic heterocycles. The molecule has 0 radical (unpaired) electrons. The molecule has 1 aromatic rings. The van der Waals surface area contributed by atoms with E-state index >= 15 is 0 Å². The molecule has 1 heterocycles. The molecule has 3 nitrogen and oxygen atoms in total. The predicted molar refractivity (Wildman–Crippen MR) is 81.2 cm³/mol. The van der Waals surface area contributed by atoms with Crippen LogP contribution < -0.4 is 5.32 Å². The van der Waals surface area contributed by atoms with Crippen LogP contribution in [0.2, 0.25) is 0 Å². The maximum absolute atomic E-state index is 11.9. The monoisotopic (exact) mass is 274 g/mol. The fourth-order valence-electron chi connectivity index (χ4n) is 3.05. The third-order valence-electron chi connectivity index (χ3n) is 4.25. The average Bonchev–Trinajstić information content (AvgIpc) is 2.49. The first-order chi connectivity index (χ1) is 9.75. The molecule has 1 saturated carbocycles. The lowest BCUT2D eigenvalue weighted by atomic mass is 9.86. The molecular formula is C17H26N2O. The summed E-state index contributed by atoms with van der Waals surface area (Å²) in [5.74, 6) is 1.02. The Hall–Kier alpha value is -1.38. The van der Waals surface area contributed by atoms with E-state index in [4.69, 9.17) is 0 Å². The fraction of sp³-hybridized carbons (Fsp3) is 0.647. The fourth-order valence-corrected chi connectivity index (χ4v) is 3.05. The molecule has 1 amide bonds. The zero-order valence-electron chi connectivity index (χ0n) is 12.5. The summed E-state index contributed by atoms with van der Waals surface area (Å²) >= 11 is 0. The molecule has 1 aliphatic carbocycles. The summed E-state index contributed by atoms with van der Waals surface area (Å²) in [6.45, 7) is 1.99. The zero-order valence-corrected chi connectivity index (χ0v) is 12.5. The third-order valence-corrected chi connectivity index (χ3v) is 4.25. The largest absolute Gasteiger partial charge is 0.348 e. The molecule has 0 spiro atoms. The molecular weight excluding hydrogens is 248 g/mol. The second-order valence-corrected chi connectivity index (χ2v) is 5.94. The zero-order chi connectivity index (χ0) is 14.2. The van der Waals surface area contributed by atoms with Gasteiger partial charge in [0.25, 0.3) is 0 Å². The first-order valence-electron chi connectivity index (χ1n) is 7.96. The van der Waals surface area contributed by atoms with Gasteiger partial charge in [-0.2, -0.15) is 0 Å². The number of hydrogen-bond donors (Lipinski definition) is 1. The normalized spacial score (nSPS) is 17.6. The van der Waals surface area contributed by atoms with E-state index in [9.17, 15) is 4.79 Å². The number of carbonyl (C=O) groups is 1. The maximum Gasteiger partial charge on any atom is 0.220 e. The first-order valence-corrected chi connectivity index (χ1v) is 7.96. The number of hydrogen-bond acceptors (Lipinski definition) is 2. The molecule has 1 unspecified atom stereocenters. The molecule has 0 bridgehead atoms. The van der Waals surface area contributed by atoms with Crippen molar-refractivity contribution in [2.45, 2.75) is 64.3 Å². The van der Waals surface area contributed by atoms with Gasteiger partial charge in [-0.15, -0.1) is 0 Å². The van der Waals surface area contributed by atoms with Gasteiger partial charge < -0.3 is 5.32 Å². The van der Waals surface area contributed by atoms with Crippen LogP contribution in [0.25, 0.3) is 0 Å². The standard InChI is InChI=1S/C17H26N2O/c1-14(16-11-5-6-13-18-16)19-17(20)12-7-10-15-8-3-2-4-9-15/h5-6,11,13-15H,2-4,7-10,12H2,1H3,(H,19,20). The van der Waals surface area contributed by atoms with Crippen LogP contribution >= 0.6 is 0 Å². The maximum atomic E-state index is 11.9. The minimum Gasteiger partial charge on any atom is -0.348 e. The summed E-state index contributed by atoms with van der Waals surface area (Å²) in [7, 11) is 0. The molecule has 1 N–H and O–H groups in total. The van der Waals surface area contributed by atoms with Gasteiger partial charge in [0.15, 0.2) is 0 Å². The summed E-state index contributed by atoms with van der Waals surface area (Å²) < 4.78 is 0. The van der Waals surface area contributed by atoms with E-state index in [0.29, 0.717) is 6.42 Å². The van der Waals surface area contributed by atoms with E-state index in [-0.39, 0.29) is 11.9 Å². The van der Waals surface area contributed by atoms with Crippen molar-refractivity contribution in [2.75, 3.05) is 0 Å². The van der Waals surface area contributed by atoms with Gasteiger partial charge in [0.2, 0.25) is 5.91 Å². The molecule has 2 rings (SSSR count). The topological polar surface area (TPSA) is 42.0 Å². The summed E-state index contributed by atoms with van der Waals surface area (Å²) in [6, 6.07) is 5.79. The Morgan fingerprint density at radius 3 is 2.85 bits per heavy atom. The molecule has 3 heteroatoms. The molecule has 110 valence electrons. The SMILES string of the molecule is CC(NC(=O)CCCC1CCCCC1)c1ccccn1. The number of nitrogens with one attached hydrogen (secondary N) is 1. The smallest absolute Gasteiger partial charge is 0.220 e. The molecule has 20 heavy (non-hydrogen) atoms. The van der Waals surface area contributed by atoms with E-state index in [0.717, 1.165) is 18.0 Å². The van der Waals surface area contributed by atoms with Crippen LogP contribution in [0, 0.1) is 5.92 Å². The minimum absolute atomic E-state index is 0.00150. The van der Waals surface area contributed by atoms with E-state index in [1.54, 1.807) is 6.20 Å². The molecule has 1 fully saturated rings. The lowest BCUT2D eigenvalue weighted by Gasteiger charge is -2.21. The van der Waals surface area contributed by atoms with E-state index < -0.39 is 0 Å². The number of nitrogens with zero attached hydrogens (tertiary/aromatic N) is 1. The van der Waals surface area contributed by atoms with Crippen molar-refractivity contribution >= 4 is 5.91 Å². The third kappa shape index (κ3) is 4.95. The van der Waals surface area contributed by atoms with Gasteiger partial charge in [-0.3, -0.25) is 9.78 Å². The highest BCUT2D eigenvalue weighted by Crippen LogP contribution is 2.27. The summed E-state index contributed by atoms with van der Waals surface area (Å²) in [4.78, 5) is 16.2. The van der Waals surface area contributed by atoms with Crippen molar-refractivity contribution in [3.05, 3.63) is 30.1 Å². The summed E-state index contributed by atoms with van der Waals surface area (Å²) in [6.07, 6.45) is 11.5. The quantitative estimate of drug-likeness (QED) is 0.851. The van der Waals surface area contributed by atoms with Gasteiger partial charge in [0.1, 0.15) is 0 Å². The van der Waals surface area contributed by atoms with Crippen molar-refractivity contribution in [2.24, 2.45) is 5.92 Å². The molecule has 0 aliphatic heterocycles. The minimum atomic E-state index is -0.00150. The van der Waals surface area contributed by atoms with Crippen molar-refractivity contribution in [1.29, 1.82) is 0 Å². The van der Waals surface area contributed by atoms with Crippen LogP contribution in [-0.4, -0.2) is 10.9 Å². The first kappa shape index (κ1) is 15.0. The Bertz CT molecular complexity index is 399. The van der Waals surface area contributed by atoms with Crippen LogP contribution in [0.4, 0.5) is 0 Å². The van der Waals surface area contributed by atoms with Crippen molar-refractivity contribution in [3.63, 3.8) is 0 Å². The number of amides is 1. The lowest BCUT2D eigenvalue weighted by molar-refractivity contribution is -0.121. The van der Waals surface area contributed by atoms with E-state index in [2.05, 4.69) is 10.3 Å². The molecule has 1 aliphatic rings. The van der Waals surface area contributed by atoms with Gasteiger partial charge in [0, 0.05) is 12.6 Å². The van der Waals surface area contributed by atoms with Crippen LogP contribution in [-0.2, 0) is 4.79 Å². The highest BCUT2D eigenvalue weighted by atomic mass is 16.1. The highest BCUT2D eigenvalue weighted by Gasteiger charge is 2.14. The van der Waals surface area contributed by atoms with Crippen LogP contribution in [0.3, 0.4) is 0 Å². The number of rotatable bonds is 6. The van der Waals surface area contributed by atoms with Gasteiger partial charge in [-0.1, -0.05) is 38.2 Å². The summed E-state index contributed by atoms with van der Waals surface area (Å²) in [5, 5.41) is 3.03. The molecule has 1 atom stereocenters. The van der Waals surface area contributed by atoms with Crippen LogP contribution in [0.15, 0.2) is 24.4 Å². The Kier molecular flexibility index (Phi) is 6.03. The number of aromatic nitrogens is 1. The lowest BCUT2D eigenvalue weighted by Crippen LogP contribution is -2.27. The Labute approximate surface area is 122 Å². The van der Waals surface area contributed by atoms with Gasteiger partial charge in [0.05, 0.1) is 11.7 Å². The average molecular weight is 274 g/mol. The van der Waals surface area contributed by atoms with Crippen LogP contribution in [0.5, 0.6) is 0 Å². The van der Waals surface area contributed by atoms with E-state index in [1.165, 1.54) is 38.5 Å². The Morgan fingerprint density at radius 1 is 1.35 bits per heavy atom. The highest BCUT2D eigenvalue weighted by molar-refractivity contribution is 5.76. The van der Waals surface area contributed by atoms with Crippen molar-refractivity contribution < 1.29 is 4.79 Å². The number of carbonyl (C=O) groups excluding carboxylic acids is 1. The van der Waals surface area contributed by atoms with Gasteiger partial charge >= 0.3 is 0 Å². The van der Waals surface area contributed by atoms with Gasteiger partial charge in [-0.05, 0) is 37.8 Å². The Morgan fingerprint density at radius 2 is 2.15 bits per heavy atom. The van der Waals surface area contributed by atoms with Crippen LogP contribution in [0.1, 0.15) is 70.0 Å². The predicted octanol–water partition coefficient (Wildman–Crippen LogP) is 4.01. The molecule has 0 saturated heterocycles. The van der Waals surface area contributed by atoms with E-state index in [1.807, 2.05) is 25.1 Å². The second kappa shape index (κ2) is 8.03. The second-order valence-electron chi connectivity index (χ2n) is 5.94. The van der Waals surface area contributed by atoms with Gasteiger partial charge in [-0.25, -0.2) is 0 Å². The summed E-state index contributed by atoms with van der Waals surface area (Å²) in [5.41, 5.74) is 0.924. The van der Waals surface area contributed by atoms with Crippen molar-refractivity contribution in [1.82, 2.24) is 10.3 Å². The number of pyridine rings is 1. The van der Waals surface area contributed by atoms with Crippen molar-refractivity contribution in [3.8, 4) is 0 Å².